The minimum atomic E-state index is -0.467. The summed E-state index contributed by atoms with van der Waals surface area (Å²) in [6, 6.07) is 14.1. The lowest BCUT2D eigenvalue weighted by Gasteiger charge is -2.30. The highest BCUT2D eigenvalue weighted by atomic mass is 19.1. The number of ether oxygens (including phenoxy) is 2. The van der Waals surface area contributed by atoms with Crippen LogP contribution in [0, 0.1) is 5.82 Å². The molecule has 0 aliphatic heterocycles. The zero-order valence-corrected chi connectivity index (χ0v) is 15.0. The number of amides is 1. The summed E-state index contributed by atoms with van der Waals surface area (Å²) >= 11 is 0. The Morgan fingerprint density at radius 3 is 2.46 bits per heavy atom. The Bertz CT molecular complexity index is 739. The lowest BCUT2D eigenvalue weighted by molar-refractivity contribution is -0.123. The molecule has 1 amide bonds. The summed E-state index contributed by atoms with van der Waals surface area (Å²) in [6.45, 7) is 0.360. The highest BCUT2D eigenvalue weighted by molar-refractivity contribution is 5.77. The summed E-state index contributed by atoms with van der Waals surface area (Å²) in [7, 11) is 1.65. The number of benzene rings is 2. The van der Waals surface area contributed by atoms with Crippen LogP contribution in [0.3, 0.4) is 0 Å². The highest BCUT2D eigenvalue weighted by Gasteiger charge is 2.35. The minimum absolute atomic E-state index is 0.0556. The maximum atomic E-state index is 13.5. The van der Waals surface area contributed by atoms with Gasteiger partial charge in [0.15, 0.2) is 18.2 Å². The van der Waals surface area contributed by atoms with Crippen LogP contribution in [0.4, 0.5) is 4.39 Å². The average molecular weight is 357 g/mol. The fourth-order valence-corrected chi connectivity index (χ4v) is 3.59. The van der Waals surface area contributed by atoms with Crippen molar-refractivity contribution >= 4 is 5.91 Å². The van der Waals surface area contributed by atoms with E-state index in [1.54, 1.807) is 19.2 Å². The molecule has 0 bridgehead atoms. The summed E-state index contributed by atoms with van der Waals surface area (Å²) < 4.78 is 24.1. The molecular formula is C21H24FNO3. The normalized spacial score (nSPS) is 15.5. The van der Waals surface area contributed by atoms with E-state index in [0.717, 1.165) is 31.4 Å². The van der Waals surface area contributed by atoms with Crippen LogP contribution in [0.2, 0.25) is 0 Å². The van der Waals surface area contributed by atoms with Gasteiger partial charge in [-0.2, -0.15) is 0 Å². The van der Waals surface area contributed by atoms with Crippen molar-refractivity contribution in [2.24, 2.45) is 0 Å². The second-order valence-electron chi connectivity index (χ2n) is 6.71. The first-order valence-electron chi connectivity index (χ1n) is 8.91. The van der Waals surface area contributed by atoms with Crippen LogP contribution >= 0.6 is 0 Å². The quantitative estimate of drug-likeness (QED) is 0.819. The Morgan fingerprint density at radius 2 is 1.81 bits per heavy atom. The average Bonchev–Trinajstić information content (AvgIpc) is 3.16. The van der Waals surface area contributed by atoms with E-state index >= 15 is 0 Å². The topological polar surface area (TPSA) is 47.6 Å². The predicted octanol–water partition coefficient (Wildman–Crippen LogP) is 3.84. The lowest BCUT2D eigenvalue weighted by atomic mass is 9.79. The number of hydrogen-bond acceptors (Lipinski definition) is 3. The SMILES string of the molecule is COc1ccc(C2(CNC(=O)COc3ccccc3F)CCCC2)cc1. The van der Waals surface area contributed by atoms with Gasteiger partial charge in [-0.15, -0.1) is 0 Å². The third kappa shape index (κ3) is 4.15. The Kier molecular flexibility index (Phi) is 5.76. The minimum Gasteiger partial charge on any atom is -0.497 e. The Morgan fingerprint density at radius 1 is 1.12 bits per heavy atom. The first kappa shape index (κ1) is 18.2. The van der Waals surface area contributed by atoms with Gasteiger partial charge in [-0.25, -0.2) is 4.39 Å². The molecule has 138 valence electrons. The molecule has 2 aromatic carbocycles. The number of nitrogens with one attached hydrogen (secondary N) is 1. The molecule has 2 aromatic rings. The molecule has 0 atom stereocenters. The fourth-order valence-electron chi connectivity index (χ4n) is 3.59. The Balaban J connectivity index is 1.59. The van der Waals surface area contributed by atoms with Crippen LogP contribution in [0.1, 0.15) is 31.2 Å². The van der Waals surface area contributed by atoms with Crippen LogP contribution in [0.25, 0.3) is 0 Å². The van der Waals surface area contributed by atoms with Crippen LogP contribution in [-0.2, 0) is 10.2 Å². The van der Waals surface area contributed by atoms with Gasteiger partial charge in [0.1, 0.15) is 5.75 Å². The number of para-hydroxylation sites is 1. The predicted molar refractivity (Wildman–Crippen MR) is 98.0 cm³/mol. The fraction of sp³-hybridized carbons (Fsp3) is 0.381. The first-order chi connectivity index (χ1) is 12.6. The van der Waals surface area contributed by atoms with Gasteiger partial charge in [0, 0.05) is 12.0 Å². The van der Waals surface area contributed by atoms with Crippen molar-refractivity contribution in [2.75, 3.05) is 20.3 Å². The Labute approximate surface area is 153 Å². The number of halogens is 1. The smallest absolute Gasteiger partial charge is 0.257 e. The zero-order valence-electron chi connectivity index (χ0n) is 15.0. The van der Waals surface area contributed by atoms with Crippen LogP contribution in [-0.4, -0.2) is 26.2 Å². The van der Waals surface area contributed by atoms with Crippen molar-refractivity contribution < 1.29 is 18.7 Å². The molecule has 26 heavy (non-hydrogen) atoms. The summed E-state index contributed by atoms with van der Waals surface area (Å²) in [5, 5.41) is 2.96. The molecule has 1 N–H and O–H groups in total. The third-order valence-corrected chi connectivity index (χ3v) is 5.08. The molecule has 0 aromatic heterocycles. The van der Waals surface area contributed by atoms with Crippen LogP contribution in [0.5, 0.6) is 11.5 Å². The standard InChI is InChI=1S/C21H24FNO3/c1-25-17-10-8-16(9-11-17)21(12-4-5-13-21)15-23-20(24)14-26-19-7-3-2-6-18(19)22/h2-3,6-11H,4-5,12-15H2,1H3,(H,23,24). The molecule has 0 radical (unpaired) electrons. The second-order valence-corrected chi connectivity index (χ2v) is 6.71. The summed E-state index contributed by atoms with van der Waals surface area (Å²) in [6.07, 6.45) is 4.36. The van der Waals surface area contributed by atoms with E-state index in [2.05, 4.69) is 17.4 Å². The zero-order chi connectivity index (χ0) is 18.4. The van der Waals surface area contributed by atoms with Gasteiger partial charge in [-0.3, -0.25) is 4.79 Å². The summed E-state index contributed by atoms with van der Waals surface area (Å²) in [4.78, 5) is 12.2. The molecule has 1 saturated carbocycles. The molecular weight excluding hydrogens is 333 g/mol. The summed E-state index contributed by atoms with van der Waals surface area (Å²) in [5.41, 5.74) is 1.16. The number of methoxy groups -OCH3 is 1. The number of rotatable bonds is 7. The molecule has 0 unspecified atom stereocenters. The van der Waals surface area contributed by atoms with Gasteiger partial charge in [0.05, 0.1) is 7.11 Å². The van der Waals surface area contributed by atoms with E-state index in [-0.39, 0.29) is 23.7 Å². The van der Waals surface area contributed by atoms with Gasteiger partial charge < -0.3 is 14.8 Å². The van der Waals surface area contributed by atoms with Gasteiger partial charge in [0.25, 0.3) is 5.91 Å². The van der Waals surface area contributed by atoms with Gasteiger partial charge >= 0.3 is 0 Å². The molecule has 1 aliphatic rings. The molecule has 0 spiro atoms. The van der Waals surface area contributed by atoms with Crippen molar-refractivity contribution in [1.82, 2.24) is 5.32 Å². The van der Waals surface area contributed by atoms with E-state index < -0.39 is 5.82 Å². The third-order valence-electron chi connectivity index (χ3n) is 5.08. The van der Waals surface area contributed by atoms with Crippen LogP contribution in [0.15, 0.2) is 48.5 Å². The second kappa shape index (κ2) is 8.21. The number of hydrogen-bond donors (Lipinski definition) is 1. The molecule has 1 aliphatic carbocycles. The van der Waals surface area contributed by atoms with Crippen molar-refractivity contribution in [2.45, 2.75) is 31.1 Å². The van der Waals surface area contributed by atoms with Crippen molar-refractivity contribution in [3.63, 3.8) is 0 Å². The largest absolute Gasteiger partial charge is 0.497 e. The van der Waals surface area contributed by atoms with E-state index in [0.29, 0.717) is 6.54 Å². The Hall–Kier alpha value is -2.56. The highest BCUT2D eigenvalue weighted by Crippen LogP contribution is 2.41. The van der Waals surface area contributed by atoms with Crippen molar-refractivity contribution in [1.29, 1.82) is 0 Å². The van der Waals surface area contributed by atoms with Crippen LogP contribution < -0.4 is 14.8 Å². The molecule has 4 nitrogen and oxygen atoms in total. The van der Waals surface area contributed by atoms with E-state index in [4.69, 9.17) is 9.47 Å². The van der Waals surface area contributed by atoms with Gasteiger partial charge in [0.2, 0.25) is 0 Å². The van der Waals surface area contributed by atoms with Gasteiger partial charge in [-0.1, -0.05) is 37.1 Å². The van der Waals surface area contributed by atoms with E-state index in [1.807, 2.05) is 12.1 Å². The molecule has 0 saturated heterocycles. The molecule has 3 rings (SSSR count). The van der Waals surface area contributed by atoms with E-state index in [1.165, 1.54) is 17.7 Å². The molecule has 0 heterocycles. The number of carbonyl (C=O) groups is 1. The first-order valence-corrected chi connectivity index (χ1v) is 8.91. The maximum Gasteiger partial charge on any atom is 0.257 e. The number of carbonyl (C=O) groups excluding carboxylic acids is 1. The lowest BCUT2D eigenvalue weighted by Crippen LogP contribution is -2.40. The van der Waals surface area contributed by atoms with Gasteiger partial charge in [-0.05, 0) is 42.7 Å². The van der Waals surface area contributed by atoms with E-state index in [9.17, 15) is 9.18 Å². The molecule has 1 fully saturated rings. The monoisotopic (exact) mass is 357 g/mol. The van der Waals surface area contributed by atoms with Crippen molar-refractivity contribution in [3.05, 3.63) is 59.9 Å². The van der Waals surface area contributed by atoms with Crippen molar-refractivity contribution in [3.8, 4) is 11.5 Å². The maximum absolute atomic E-state index is 13.5. The molecule has 5 heteroatoms. The summed E-state index contributed by atoms with van der Waals surface area (Å²) in [5.74, 6) is 0.205.